The van der Waals surface area contributed by atoms with E-state index >= 15 is 0 Å². The molecule has 0 fully saturated rings. The van der Waals surface area contributed by atoms with Crippen molar-refractivity contribution in [3.63, 3.8) is 0 Å². The van der Waals surface area contributed by atoms with Crippen LogP contribution in [0.1, 0.15) is 10.4 Å². The number of amides is 1. The molecule has 3 N–H and O–H groups in total. The van der Waals surface area contributed by atoms with Gasteiger partial charge in [0.05, 0.1) is 11.3 Å². The summed E-state index contributed by atoms with van der Waals surface area (Å²) in [4.78, 5) is 21.4. The Morgan fingerprint density at radius 2 is 2.06 bits per heavy atom. The van der Waals surface area contributed by atoms with E-state index in [4.69, 9.17) is 5.11 Å². The van der Waals surface area contributed by atoms with E-state index in [1.54, 1.807) is 0 Å². The Morgan fingerprint density at radius 3 is 2.56 bits per heavy atom. The monoisotopic (exact) mass is 230 g/mol. The second kappa shape index (κ2) is 5.06. The van der Waals surface area contributed by atoms with Crippen LogP contribution < -0.4 is 10.9 Å². The first kappa shape index (κ1) is 11.9. The zero-order chi connectivity index (χ0) is 12.1. The third-order valence-electron chi connectivity index (χ3n) is 1.72. The summed E-state index contributed by atoms with van der Waals surface area (Å²) in [7, 11) is 0. The van der Waals surface area contributed by atoms with Gasteiger partial charge in [0, 0.05) is 6.07 Å². The number of carbonyl (C=O) groups is 2. The number of nitrogens with one attached hydrogen (secondary N) is 2. The van der Waals surface area contributed by atoms with Gasteiger partial charge in [0.2, 0.25) is 0 Å². The second-order valence-electron chi connectivity index (χ2n) is 2.87. The second-order valence-corrected chi connectivity index (χ2v) is 2.87. The lowest BCUT2D eigenvalue weighted by Crippen LogP contribution is -2.29. The van der Waals surface area contributed by atoms with Gasteiger partial charge in [-0.1, -0.05) is 0 Å². The average molecular weight is 230 g/mol. The van der Waals surface area contributed by atoms with Gasteiger partial charge in [0.1, 0.15) is 12.4 Å². The summed E-state index contributed by atoms with van der Waals surface area (Å²) < 4.78 is 25.1. The first-order valence-corrected chi connectivity index (χ1v) is 4.20. The van der Waals surface area contributed by atoms with Gasteiger partial charge in [0.25, 0.3) is 5.91 Å². The number of anilines is 1. The van der Waals surface area contributed by atoms with Gasteiger partial charge < -0.3 is 10.4 Å². The highest BCUT2D eigenvalue weighted by Crippen LogP contribution is 2.14. The van der Waals surface area contributed by atoms with Crippen LogP contribution in [0.25, 0.3) is 0 Å². The number of carbonyl (C=O) groups excluding carboxylic acids is 1. The molecule has 5 nitrogen and oxygen atoms in total. The Labute approximate surface area is 89.0 Å². The number of rotatable bonds is 4. The minimum absolute atomic E-state index is 0.132. The van der Waals surface area contributed by atoms with Crippen LogP contribution in [0.5, 0.6) is 0 Å². The lowest BCUT2D eigenvalue weighted by atomic mass is 10.2. The highest BCUT2D eigenvalue weighted by atomic mass is 19.2. The van der Waals surface area contributed by atoms with Gasteiger partial charge in [-0.05, 0) is 12.1 Å². The molecule has 0 saturated carbocycles. The van der Waals surface area contributed by atoms with Crippen LogP contribution in [-0.2, 0) is 4.79 Å². The van der Waals surface area contributed by atoms with Crippen LogP contribution in [0.3, 0.4) is 0 Å². The van der Waals surface area contributed by atoms with Crippen molar-refractivity contribution in [3.05, 3.63) is 29.6 Å². The molecule has 1 aromatic rings. The number of carboxylic acids is 1. The summed E-state index contributed by atoms with van der Waals surface area (Å²) >= 11 is 0. The smallest absolute Gasteiger partial charge is 0.322 e. The van der Waals surface area contributed by atoms with E-state index in [9.17, 15) is 18.5 Å². The van der Waals surface area contributed by atoms with Gasteiger partial charge in [-0.15, -0.1) is 4.48 Å². The van der Waals surface area contributed by atoms with Crippen molar-refractivity contribution in [2.75, 3.05) is 12.1 Å². The molecular formula is C9H8F2N2O3. The molecule has 1 rings (SSSR count). The average Bonchev–Trinajstić information content (AvgIpc) is 2.25. The molecule has 0 atom stereocenters. The summed E-state index contributed by atoms with van der Waals surface area (Å²) in [6.07, 6.45) is 0. The fourth-order valence-corrected chi connectivity index (χ4v) is 1.01. The molecule has 0 aromatic heterocycles. The minimum atomic E-state index is -1.24. The number of carboxylic acid groups (broad SMARTS) is 1. The molecule has 0 bridgehead atoms. The SMILES string of the molecule is O=C(O)CNC(=O)c1ccc(NF)cc1F. The van der Waals surface area contributed by atoms with Crippen molar-refractivity contribution in [2.45, 2.75) is 0 Å². The van der Waals surface area contributed by atoms with Crippen molar-refractivity contribution < 1.29 is 23.6 Å². The van der Waals surface area contributed by atoms with E-state index in [0.717, 1.165) is 18.2 Å². The Balaban J connectivity index is 2.79. The van der Waals surface area contributed by atoms with E-state index in [1.807, 2.05) is 5.32 Å². The van der Waals surface area contributed by atoms with Crippen LogP contribution in [0, 0.1) is 5.82 Å². The molecule has 7 heteroatoms. The van der Waals surface area contributed by atoms with E-state index < -0.39 is 24.2 Å². The highest BCUT2D eigenvalue weighted by Gasteiger charge is 2.12. The molecule has 0 aliphatic carbocycles. The number of benzene rings is 1. The first-order chi connectivity index (χ1) is 7.54. The molecule has 0 aliphatic rings. The van der Waals surface area contributed by atoms with Gasteiger partial charge in [-0.25, -0.2) is 9.93 Å². The molecular weight excluding hydrogens is 222 g/mol. The van der Waals surface area contributed by atoms with Crippen LogP contribution in [0.2, 0.25) is 0 Å². The maximum absolute atomic E-state index is 13.2. The molecule has 86 valence electrons. The molecule has 0 saturated heterocycles. The van der Waals surface area contributed by atoms with Crippen LogP contribution in [0.4, 0.5) is 14.6 Å². The zero-order valence-electron chi connectivity index (χ0n) is 7.96. The largest absolute Gasteiger partial charge is 0.480 e. The summed E-state index contributed by atoms with van der Waals surface area (Å²) in [5.74, 6) is -3.05. The van der Waals surface area contributed by atoms with E-state index in [2.05, 4.69) is 0 Å². The van der Waals surface area contributed by atoms with Gasteiger partial charge in [0.15, 0.2) is 0 Å². The van der Waals surface area contributed by atoms with Gasteiger partial charge in [-0.2, -0.15) is 0 Å². The Hall–Kier alpha value is -2.18. The number of hydrogen-bond donors (Lipinski definition) is 3. The Morgan fingerprint density at radius 1 is 1.38 bits per heavy atom. The maximum atomic E-state index is 13.2. The van der Waals surface area contributed by atoms with Gasteiger partial charge >= 0.3 is 5.97 Å². The predicted molar refractivity (Wildman–Crippen MR) is 51.1 cm³/mol. The quantitative estimate of drug-likeness (QED) is 0.672. The van der Waals surface area contributed by atoms with E-state index in [-0.39, 0.29) is 11.3 Å². The van der Waals surface area contributed by atoms with Crippen LogP contribution in [0.15, 0.2) is 18.2 Å². The zero-order valence-corrected chi connectivity index (χ0v) is 7.96. The minimum Gasteiger partial charge on any atom is -0.480 e. The van der Waals surface area contributed by atoms with Crippen molar-refractivity contribution in [1.82, 2.24) is 5.32 Å². The fourth-order valence-electron chi connectivity index (χ4n) is 1.01. The lowest BCUT2D eigenvalue weighted by Gasteiger charge is -2.04. The number of hydrogen-bond acceptors (Lipinski definition) is 3. The van der Waals surface area contributed by atoms with Crippen molar-refractivity contribution in [2.24, 2.45) is 0 Å². The fraction of sp³-hybridized carbons (Fsp3) is 0.111. The number of halogens is 2. The van der Waals surface area contributed by atoms with Gasteiger partial charge in [-0.3, -0.25) is 9.59 Å². The summed E-state index contributed by atoms with van der Waals surface area (Å²) in [6.45, 7) is -0.610. The normalized spacial score (nSPS) is 9.62. The molecule has 0 unspecified atom stereocenters. The van der Waals surface area contributed by atoms with E-state index in [1.165, 1.54) is 5.54 Å². The third-order valence-corrected chi connectivity index (χ3v) is 1.72. The standard InChI is InChI=1S/C9H8F2N2O3/c10-7-3-5(13-11)1-2-6(7)9(16)12-4-8(14)15/h1-3,13H,4H2,(H,12,16)(H,14,15). The summed E-state index contributed by atoms with van der Waals surface area (Å²) in [6, 6.07) is 2.99. The van der Waals surface area contributed by atoms with Crippen molar-refractivity contribution in [1.29, 1.82) is 0 Å². The molecule has 0 radical (unpaired) electrons. The third kappa shape index (κ3) is 2.91. The maximum Gasteiger partial charge on any atom is 0.322 e. The molecule has 1 aromatic carbocycles. The lowest BCUT2D eigenvalue weighted by molar-refractivity contribution is -0.135. The summed E-state index contributed by atoms with van der Waals surface area (Å²) in [5.41, 5.74) is 0.739. The summed E-state index contributed by atoms with van der Waals surface area (Å²) in [5, 5.41) is 10.3. The van der Waals surface area contributed by atoms with Crippen LogP contribution >= 0.6 is 0 Å². The van der Waals surface area contributed by atoms with Crippen molar-refractivity contribution >= 4 is 17.6 Å². The van der Waals surface area contributed by atoms with Crippen molar-refractivity contribution in [3.8, 4) is 0 Å². The number of aliphatic carboxylic acids is 1. The topological polar surface area (TPSA) is 78.4 Å². The highest BCUT2D eigenvalue weighted by molar-refractivity contribution is 5.96. The molecule has 0 heterocycles. The molecule has 1 amide bonds. The van der Waals surface area contributed by atoms with E-state index in [0.29, 0.717) is 0 Å². The van der Waals surface area contributed by atoms with Crippen LogP contribution in [-0.4, -0.2) is 23.5 Å². The molecule has 0 spiro atoms. The molecule has 0 aliphatic heterocycles. The Kier molecular flexibility index (Phi) is 3.76. The first-order valence-electron chi connectivity index (χ1n) is 4.20. The molecule has 16 heavy (non-hydrogen) atoms. The predicted octanol–water partition coefficient (Wildman–Crippen LogP) is 0.936. The Bertz CT molecular complexity index is 423.